The third-order valence-corrected chi connectivity index (χ3v) is 4.06. The summed E-state index contributed by atoms with van der Waals surface area (Å²) in [5.74, 6) is 1.02. The molecule has 1 aromatic heterocycles. The van der Waals surface area contributed by atoms with Crippen molar-refractivity contribution in [1.29, 1.82) is 0 Å². The summed E-state index contributed by atoms with van der Waals surface area (Å²) in [6.07, 6.45) is 6.13. The van der Waals surface area contributed by atoms with Gasteiger partial charge in [-0.25, -0.2) is 4.98 Å². The van der Waals surface area contributed by atoms with Crippen molar-refractivity contribution in [2.24, 2.45) is 11.3 Å². The van der Waals surface area contributed by atoms with Crippen molar-refractivity contribution in [3.8, 4) is 0 Å². The molecule has 0 unspecified atom stereocenters. The Kier molecular flexibility index (Phi) is 2.62. The Morgan fingerprint density at radius 1 is 1.56 bits per heavy atom. The molecular formula is C11H13ClN4O2. The quantitative estimate of drug-likeness (QED) is 0.504. The van der Waals surface area contributed by atoms with Crippen molar-refractivity contribution < 1.29 is 4.92 Å². The van der Waals surface area contributed by atoms with Crippen LogP contribution in [0.3, 0.4) is 0 Å². The van der Waals surface area contributed by atoms with Crippen molar-refractivity contribution in [2.75, 3.05) is 11.9 Å². The van der Waals surface area contributed by atoms with E-state index in [2.05, 4.69) is 15.3 Å². The van der Waals surface area contributed by atoms with Crippen molar-refractivity contribution >= 4 is 23.1 Å². The van der Waals surface area contributed by atoms with Gasteiger partial charge in [-0.15, -0.1) is 0 Å². The number of halogens is 1. The van der Waals surface area contributed by atoms with Crippen LogP contribution in [0.15, 0.2) is 6.20 Å². The van der Waals surface area contributed by atoms with E-state index in [1.54, 1.807) is 0 Å². The highest BCUT2D eigenvalue weighted by atomic mass is 35.5. The summed E-state index contributed by atoms with van der Waals surface area (Å²) in [5.41, 5.74) is 0.233. The first-order chi connectivity index (χ1) is 8.61. The highest BCUT2D eigenvalue weighted by molar-refractivity contribution is 6.28. The number of aromatic nitrogens is 2. The van der Waals surface area contributed by atoms with Crippen LogP contribution in [-0.2, 0) is 0 Å². The molecule has 0 aliphatic heterocycles. The minimum Gasteiger partial charge on any atom is -0.364 e. The molecule has 0 saturated heterocycles. The molecule has 3 rings (SSSR count). The summed E-state index contributed by atoms with van der Waals surface area (Å²) in [4.78, 5) is 17.9. The summed E-state index contributed by atoms with van der Waals surface area (Å²) < 4.78 is 0. The van der Waals surface area contributed by atoms with Crippen LogP contribution in [0.1, 0.15) is 25.7 Å². The molecule has 0 spiro atoms. The maximum atomic E-state index is 10.9. The van der Waals surface area contributed by atoms with Gasteiger partial charge >= 0.3 is 5.69 Å². The molecule has 0 aromatic carbocycles. The lowest BCUT2D eigenvalue weighted by atomic mass is 10.0. The summed E-state index contributed by atoms with van der Waals surface area (Å²) in [6.45, 7) is 0.742. The van der Waals surface area contributed by atoms with Crippen molar-refractivity contribution in [2.45, 2.75) is 25.7 Å². The van der Waals surface area contributed by atoms with E-state index in [0.717, 1.165) is 18.7 Å². The van der Waals surface area contributed by atoms with E-state index in [1.807, 2.05) is 0 Å². The van der Waals surface area contributed by atoms with E-state index in [9.17, 15) is 10.1 Å². The zero-order chi connectivity index (χ0) is 12.8. The monoisotopic (exact) mass is 268 g/mol. The Labute approximate surface area is 109 Å². The van der Waals surface area contributed by atoms with Crippen LogP contribution >= 0.6 is 11.6 Å². The van der Waals surface area contributed by atoms with Crippen LogP contribution in [0, 0.1) is 21.4 Å². The average molecular weight is 269 g/mol. The van der Waals surface area contributed by atoms with Gasteiger partial charge in [-0.05, 0) is 48.6 Å². The fraction of sp³-hybridized carbons (Fsp3) is 0.636. The molecule has 7 heteroatoms. The summed E-state index contributed by atoms with van der Waals surface area (Å²) >= 11 is 5.68. The Morgan fingerprint density at radius 3 is 2.83 bits per heavy atom. The lowest BCUT2D eigenvalue weighted by Crippen LogP contribution is -2.18. The molecule has 2 saturated carbocycles. The number of rotatable bonds is 5. The second kappa shape index (κ2) is 4.05. The number of anilines is 1. The van der Waals surface area contributed by atoms with Crippen LogP contribution in [0.25, 0.3) is 0 Å². The molecule has 18 heavy (non-hydrogen) atoms. The zero-order valence-electron chi connectivity index (χ0n) is 9.73. The van der Waals surface area contributed by atoms with E-state index < -0.39 is 4.92 Å². The van der Waals surface area contributed by atoms with Crippen LogP contribution in [-0.4, -0.2) is 21.4 Å². The van der Waals surface area contributed by atoms with Crippen LogP contribution in [0.2, 0.25) is 5.28 Å². The summed E-state index contributed by atoms with van der Waals surface area (Å²) in [6, 6.07) is 0. The lowest BCUT2D eigenvalue weighted by Gasteiger charge is -2.15. The molecule has 0 atom stereocenters. The zero-order valence-corrected chi connectivity index (χ0v) is 10.5. The van der Waals surface area contributed by atoms with Crippen molar-refractivity contribution in [3.05, 3.63) is 21.6 Å². The van der Waals surface area contributed by atoms with Gasteiger partial charge in [0, 0.05) is 6.54 Å². The van der Waals surface area contributed by atoms with Gasteiger partial charge < -0.3 is 5.32 Å². The predicted octanol–water partition coefficient (Wildman–Crippen LogP) is 2.64. The maximum Gasteiger partial charge on any atom is 0.329 e. The molecular weight excluding hydrogens is 256 g/mol. The van der Waals surface area contributed by atoms with E-state index in [4.69, 9.17) is 11.6 Å². The first-order valence-corrected chi connectivity index (χ1v) is 6.39. The highest BCUT2D eigenvalue weighted by Crippen LogP contribution is 2.61. The van der Waals surface area contributed by atoms with Crippen LogP contribution < -0.4 is 5.32 Å². The smallest absolute Gasteiger partial charge is 0.329 e. The van der Waals surface area contributed by atoms with Gasteiger partial charge in [0.15, 0.2) is 0 Å². The van der Waals surface area contributed by atoms with Crippen molar-refractivity contribution in [3.63, 3.8) is 0 Å². The number of nitro groups is 1. The van der Waals surface area contributed by atoms with Crippen molar-refractivity contribution in [1.82, 2.24) is 9.97 Å². The Morgan fingerprint density at radius 2 is 2.28 bits per heavy atom. The first kappa shape index (κ1) is 11.6. The summed E-state index contributed by atoms with van der Waals surface area (Å²) in [7, 11) is 0. The van der Waals surface area contributed by atoms with Gasteiger partial charge in [0.1, 0.15) is 6.20 Å². The normalized spacial score (nSPS) is 20.5. The minimum absolute atomic E-state index is 0.0272. The summed E-state index contributed by atoms with van der Waals surface area (Å²) in [5, 5.41) is 14.0. The Hall–Kier alpha value is -1.43. The fourth-order valence-electron chi connectivity index (χ4n) is 2.46. The number of nitrogens with one attached hydrogen (secondary N) is 1. The van der Waals surface area contributed by atoms with Crippen LogP contribution in [0.4, 0.5) is 11.5 Å². The number of hydrogen-bond acceptors (Lipinski definition) is 5. The maximum absolute atomic E-state index is 10.9. The second-order valence-electron chi connectivity index (χ2n) is 5.12. The van der Waals surface area contributed by atoms with Gasteiger partial charge in [0.25, 0.3) is 0 Å². The molecule has 0 amide bonds. The minimum atomic E-state index is -0.491. The molecule has 2 aliphatic rings. The molecule has 2 aliphatic carbocycles. The Bertz CT molecular complexity index is 500. The molecule has 2 fully saturated rings. The molecule has 96 valence electrons. The molecule has 0 radical (unpaired) electrons. The molecule has 1 aromatic rings. The third-order valence-electron chi connectivity index (χ3n) is 3.88. The second-order valence-corrected chi connectivity index (χ2v) is 5.46. The molecule has 6 nitrogen and oxygen atoms in total. The average Bonchev–Trinajstić information content (AvgIpc) is 3.18. The van der Waals surface area contributed by atoms with Gasteiger partial charge in [-0.2, -0.15) is 4.98 Å². The van der Waals surface area contributed by atoms with Gasteiger partial charge in [0.05, 0.1) is 4.92 Å². The van der Waals surface area contributed by atoms with E-state index >= 15 is 0 Å². The predicted molar refractivity (Wildman–Crippen MR) is 66.6 cm³/mol. The number of hydrogen-bond donors (Lipinski definition) is 1. The van der Waals surface area contributed by atoms with Gasteiger partial charge in [0.2, 0.25) is 11.1 Å². The standard InChI is InChI=1S/C11H13ClN4O2/c12-10-13-5-8(16(17)18)9(15-10)14-6-11(3-4-11)7-1-2-7/h5,7H,1-4,6H2,(H,13,14,15). The van der Waals surface area contributed by atoms with E-state index in [0.29, 0.717) is 5.41 Å². The topological polar surface area (TPSA) is 81.0 Å². The lowest BCUT2D eigenvalue weighted by molar-refractivity contribution is -0.384. The van der Waals surface area contributed by atoms with Gasteiger partial charge in [-0.3, -0.25) is 10.1 Å². The number of nitrogens with zero attached hydrogens (tertiary/aromatic N) is 3. The Balaban J connectivity index is 1.75. The molecule has 0 bridgehead atoms. The van der Waals surface area contributed by atoms with Gasteiger partial charge in [-0.1, -0.05) is 0 Å². The molecule has 1 heterocycles. The SMILES string of the molecule is O=[N+]([O-])c1cnc(Cl)nc1NCC1(C2CC2)CC1. The van der Waals surface area contributed by atoms with Crippen LogP contribution in [0.5, 0.6) is 0 Å². The highest BCUT2D eigenvalue weighted by Gasteiger charge is 2.53. The first-order valence-electron chi connectivity index (χ1n) is 6.01. The largest absolute Gasteiger partial charge is 0.364 e. The van der Waals surface area contributed by atoms with E-state index in [1.165, 1.54) is 25.7 Å². The molecule has 1 N–H and O–H groups in total. The fourth-order valence-corrected chi connectivity index (χ4v) is 2.60. The van der Waals surface area contributed by atoms with E-state index in [-0.39, 0.29) is 16.8 Å². The third kappa shape index (κ3) is 2.12.